The predicted molar refractivity (Wildman–Crippen MR) is 73.1 cm³/mol. The van der Waals surface area contributed by atoms with Crippen molar-refractivity contribution in [3.8, 4) is 0 Å². The molecule has 0 saturated carbocycles. The fourth-order valence-corrected chi connectivity index (χ4v) is 1.92. The Kier molecular flexibility index (Phi) is 5.66. The largest absolute Gasteiger partial charge is 0.416 e. The molecule has 2 rings (SSSR count). The molecule has 0 fully saturated rings. The average molecular weight is 293 g/mol. The lowest BCUT2D eigenvalue weighted by molar-refractivity contribution is -0.137. The van der Waals surface area contributed by atoms with E-state index >= 15 is 0 Å². The van der Waals surface area contributed by atoms with Crippen LogP contribution in [0, 0.1) is 0 Å². The summed E-state index contributed by atoms with van der Waals surface area (Å²) in [7, 11) is 0. The molecule has 19 heavy (non-hydrogen) atoms. The van der Waals surface area contributed by atoms with E-state index in [1.165, 1.54) is 6.07 Å². The van der Waals surface area contributed by atoms with Gasteiger partial charge in [-0.3, -0.25) is 4.99 Å². The minimum Gasteiger partial charge on any atom is -0.344 e. The SMILES string of the molecule is Cl.FC(F)(F)c1cccc(NC2=NCCCCC2)c1. The minimum absolute atomic E-state index is 0. The van der Waals surface area contributed by atoms with Crippen molar-refractivity contribution < 1.29 is 13.2 Å². The van der Waals surface area contributed by atoms with Gasteiger partial charge in [-0.2, -0.15) is 13.2 Å². The Morgan fingerprint density at radius 1 is 1.11 bits per heavy atom. The van der Waals surface area contributed by atoms with Crippen LogP contribution in [0.15, 0.2) is 29.3 Å². The smallest absolute Gasteiger partial charge is 0.344 e. The number of nitrogens with zero attached hydrogens (tertiary/aromatic N) is 1. The maximum absolute atomic E-state index is 12.6. The van der Waals surface area contributed by atoms with Crippen LogP contribution in [0.3, 0.4) is 0 Å². The van der Waals surface area contributed by atoms with Gasteiger partial charge in [-0.05, 0) is 31.0 Å². The van der Waals surface area contributed by atoms with Crippen molar-refractivity contribution in [3.05, 3.63) is 29.8 Å². The maximum Gasteiger partial charge on any atom is 0.416 e. The Labute approximate surface area is 116 Å². The number of benzene rings is 1. The van der Waals surface area contributed by atoms with E-state index in [0.29, 0.717) is 5.69 Å². The zero-order valence-corrected chi connectivity index (χ0v) is 11.2. The molecule has 0 saturated heterocycles. The quantitative estimate of drug-likeness (QED) is 0.809. The molecule has 1 aliphatic heterocycles. The third-order valence-corrected chi connectivity index (χ3v) is 2.85. The number of halogens is 4. The van der Waals surface area contributed by atoms with Gasteiger partial charge in [-0.1, -0.05) is 12.5 Å². The van der Waals surface area contributed by atoms with Crippen LogP contribution in [0.1, 0.15) is 31.2 Å². The van der Waals surface area contributed by atoms with E-state index in [9.17, 15) is 13.2 Å². The van der Waals surface area contributed by atoms with Crippen LogP contribution in [-0.4, -0.2) is 12.4 Å². The highest BCUT2D eigenvalue weighted by Gasteiger charge is 2.30. The lowest BCUT2D eigenvalue weighted by Gasteiger charge is -2.11. The van der Waals surface area contributed by atoms with E-state index in [0.717, 1.165) is 50.2 Å². The molecule has 0 spiro atoms. The second-order valence-corrected chi connectivity index (χ2v) is 4.34. The number of alkyl halides is 3. The molecule has 0 aliphatic carbocycles. The number of amidine groups is 1. The van der Waals surface area contributed by atoms with Crippen LogP contribution in [0.5, 0.6) is 0 Å². The standard InChI is InChI=1S/C13H15F3N2.ClH/c14-13(15,16)10-5-4-6-11(9-10)18-12-7-2-1-3-8-17-12;/h4-6,9H,1-3,7-8H2,(H,17,18);1H. The van der Waals surface area contributed by atoms with Gasteiger partial charge in [0, 0.05) is 18.7 Å². The molecule has 0 radical (unpaired) electrons. The van der Waals surface area contributed by atoms with Crippen LogP contribution < -0.4 is 5.32 Å². The topological polar surface area (TPSA) is 24.4 Å². The molecule has 0 unspecified atom stereocenters. The highest BCUT2D eigenvalue weighted by molar-refractivity contribution is 5.95. The van der Waals surface area contributed by atoms with E-state index in [4.69, 9.17) is 0 Å². The summed E-state index contributed by atoms with van der Waals surface area (Å²) < 4.78 is 37.7. The molecule has 2 nitrogen and oxygen atoms in total. The highest BCUT2D eigenvalue weighted by Crippen LogP contribution is 2.30. The van der Waals surface area contributed by atoms with Gasteiger partial charge in [0.05, 0.1) is 5.56 Å². The van der Waals surface area contributed by atoms with Gasteiger partial charge in [0.25, 0.3) is 0 Å². The monoisotopic (exact) mass is 292 g/mol. The third kappa shape index (κ3) is 4.74. The van der Waals surface area contributed by atoms with Gasteiger partial charge < -0.3 is 5.32 Å². The summed E-state index contributed by atoms with van der Waals surface area (Å²) in [5, 5.41) is 2.98. The number of aliphatic imine (C=N–C) groups is 1. The van der Waals surface area contributed by atoms with Crippen molar-refractivity contribution in [1.82, 2.24) is 0 Å². The lowest BCUT2D eigenvalue weighted by atomic mass is 10.2. The zero-order chi connectivity index (χ0) is 13.0. The van der Waals surface area contributed by atoms with Crippen LogP contribution >= 0.6 is 12.4 Å². The average Bonchev–Trinajstić information content (AvgIpc) is 2.57. The highest BCUT2D eigenvalue weighted by atomic mass is 35.5. The Balaban J connectivity index is 0.00000180. The molecule has 1 N–H and O–H groups in total. The summed E-state index contributed by atoms with van der Waals surface area (Å²) in [5.74, 6) is 0.784. The molecule has 1 aliphatic rings. The normalized spacial score (nSPS) is 16.1. The Bertz CT molecular complexity index is 444. The first-order chi connectivity index (χ1) is 8.55. The first-order valence-corrected chi connectivity index (χ1v) is 6.03. The van der Waals surface area contributed by atoms with Gasteiger partial charge >= 0.3 is 6.18 Å². The van der Waals surface area contributed by atoms with Gasteiger partial charge in [0.15, 0.2) is 0 Å². The fourth-order valence-electron chi connectivity index (χ4n) is 1.92. The van der Waals surface area contributed by atoms with Crippen LogP contribution in [0.2, 0.25) is 0 Å². The third-order valence-electron chi connectivity index (χ3n) is 2.85. The zero-order valence-electron chi connectivity index (χ0n) is 10.3. The molecule has 0 amide bonds. The molecular weight excluding hydrogens is 277 g/mol. The molecule has 1 heterocycles. The molecule has 106 valence electrons. The van der Waals surface area contributed by atoms with Gasteiger partial charge in [-0.25, -0.2) is 0 Å². The summed E-state index contributed by atoms with van der Waals surface area (Å²) in [6.07, 6.45) is -0.297. The van der Waals surface area contributed by atoms with Crippen molar-refractivity contribution in [2.24, 2.45) is 4.99 Å². The molecule has 0 aromatic heterocycles. The van der Waals surface area contributed by atoms with E-state index in [2.05, 4.69) is 10.3 Å². The molecule has 0 bridgehead atoms. The summed E-state index contributed by atoms with van der Waals surface area (Å²) in [6, 6.07) is 5.22. The molecular formula is C13H16ClF3N2. The van der Waals surface area contributed by atoms with Crippen molar-refractivity contribution in [3.63, 3.8) is 0 Å². The second-order valence-electron chi connectivity index (χ2n) is 4.34. The van der Waals surface area contributed by atoms with Crippen molar-refractivity contribution >= 4 is 23.9 Å². The number of hydrogen-bond acceptors (Lipinski definition) is 2. The number of hydrogen-bond donors (Lipinski definition) is 1. The van der Waals surface area contributed by atoms with Crippen LogP contribution in [-0.2, 0) is 6.18 Å². The van der Waals surface area contributed by atoms with Gasteiger partial charge in [0.1, 0.15) is 5.84 Å². The minimum atomic E-state index is -4.30. The summed E-state index contributed by atoms with van der Waals surface area (Å²) in [5.41, 5.74) is -0.188. The Morgan fingerprint density at radius 3 is 2.63 bits per heavy atom. The number of rotatable bonds is 1. The molecule has 1 aromatic rings. The van der Waals surface area contributed by atoms with E-state index in [1.54, 1.807) is 6.07 Å². The predicted octanol–water partition coefficient (Wildman–Crippen LogP) is 4.51. The fraction of sp³-hybridized carbons (Fsp3) is 0.462. The first-order valence-electron chi connectivity index (χ1n) is 6.03. The summed E-state index contributed by atoms with van der Waals surface area (Å²) in [4.78, 5) is 4.33. The van der Waals surface area contributed by atoms with Crippen molar-refractivity contribution in [2.45, 2.75) is 31.9 Å². The summed E-state index contributed by atoms with van der Waals surface area (Å²) in [6.45, 7) is 0.751. The van der Waals surface area contributed by atoms with E-state index in [-0.39, 0.29) is 12.4 Å². The molecule has 1 aromatic carbocycles. The first kappa shape index (κ1) is 15.8. The molecule has 0 atom stereocenters. The van der Waals surface area contributed by atoms with Crippen molar-refractivity contribution in [2.75, 3.05) is 11.9 Å². The molecule has 6 heteroatoms. The maximum atomic E-state index is 12.6. The Hall–Kier alpha value is -1.23. The second kappa shape index (κ2) is 6.80. The van der Waals surface area contributed by atoms with Crippen molar-refractivity contribution in [1.29, 1.82) is 0 Å². The van der Waals surface area contributed by atoms with Crippen LogP contribution in [0.25, 0.3) is 0 Å². The van der Waals surface area contributed by atoms with Gasteiger partial charge in [0.2, 0.25) is 0 Å². The van der Waals surface area contributed by atoms with Crippen LogP contribution in [0.4, 0.5) is 18.9 Å². The number of nitrogens with one attached hydrogen (secondary N) is 1. The van der Waals surface area contributed by atoms with E-state index < -0.39 is 11.7 Å². The summed E-state index contributed by atoms with van der Waals surface area (Å²) >= 11 is 0. The lowest BCUT2D eigenvalue weighted by Crippen LogP contribution is -2.12. The number of anilines is 1. The Morgan fingerprint density at radius 2 is 1.89 bits per heavy atom. The van der Waals surface area contributed by atoms with Gasteiger partial charge in [-0.15, -0.1) is 12.4 Å². The van der Waals surface area contributed by atoms with E-state index in [1.807, 2.05) is 0 Å².